The molecule has 0 bridgehead atoms. The second-order valence-corrected chi connectivity index (χ2v) is 8.21. The Morgan fingerprint density at radius 3 is 2.55 bits per heavy atom. The van der Waals surface area contributed by atoms with Crippen LogP contribution in [-0.2, 0) is 10.0 Å². The Hall–Kier alpha value is -0.640. The van der Waals surface area contributed by atoms with Crippen LogP contribution in [0.15, 0.2) is 0 Å². The van der Waals surface area contributed by atoms with E-state index in [-0.39, 0.29) is 11.3 Å². The molecule has 1 saturated carbocycles. The van der Waals surface area contributed by atoms with E-state index < -0.39 is 10.0 Å². The highest BCUT2D eigenvalue weighted by atomic mass is 32.2. The first-order chi connectivity index (χ1) is 9.50. The Bertz CT molecular complexity index is 463. The molecular formula is C14H25N3O2S. The molecule has 1 aliphatic heterocycles. The lowest BCUT2D eigenvalue weighted by Gasteiger charge is -2.51. The van der Waals surface area contributed by atoms with Crippen LogP contribution < -0.4 is 0 Å². The number of hydrogen-bond donors (Lipinski definition) is 0. The molecule has 0 atom stereocenters. The van der Waals surface area contributed by atoms with E-state index in [9.17, 15) is 8.42 Å². The maximum atomic E-state index is 12.4. The van der Waals surface area contributed by atoms with Crippen LogP contribution in [0.3, 0.4) is 0 Å². The molecule has 2 rings (SSSR count). The molecule has 1 heterocycles. The molecule has 1 saturated heterocycles. The third kappa shape index (κ3) is 3.33. The molecule has 6 heteroatoms. The van der Waals surface area contributed by atoms with Crippen molar-refractivity contribution < 1.29 is 8.42 Å². The van der Waals surface area contributed by atoms with Crippen molar-refractivity contribution in [3.8, 4) is 6.07 Å². The Balaban J connectivity index is 2.05. The first kappa shape index (κ1) is 15.7. The average Bonchev–Trinajstić information content (AvgIpc) is 2.43. The molecule has 5 nitrogen and oxygen atoms in total. The molecule has 1 spiro atoms. The molecule has 0 aromatic heterocycles. The number of piperazine rings is 1. The second kappa shape index (κ2) is 6.42. The number of likely N-dealkylation sites (N-methyl/N-ethyl adjacent to an activating group) is 1. The Morgan fingerprint density at radius 2 is 1.90 bits per heavy atom. The van der Waals surface area contributed by atoms with Gasteiger partial charge in [-0.05, 0) is 26.3 Å². The molecule has 0 aromatic rings. The van der Waals surface area contributed by atoms with E-state index in [0.717, 1.165) is 19.4 Å². The first-order valence-corrected chi connectivity index (χ1v) is 9.17. The molecule has 20 heavy (non-hydrogen) atoms. The van der Waals surface area contributed by atoms with E-state index in [2.05, 4.69) is 11.9 Å². The highest BCUT2D eigenvalue weighted by Crippen LogP contribution is 2.36. The lowest BCUT2D eigenvalue weighted by molar-refractivity contribution is 0.0199. The van der Waals surface area contributed by atoms with Gasteiger partial charge in [0.1, 0.15) is 0 Å². The van der Waals surface area contributed by atoms with Crippen LogP contribution in [0.4, 0.5) is 0 Å². The molecule has 0 amide bonds. The van der Waals surface area contributed by atoms with E-state index in [1.54, 1.807) is 4.31 Å². The van der Waals surface area contributed by atoms with Gasteiger partial charge in [0.05, 0.1) is 11.8 Å². The maximum absolute atomic E-state index is 12.4. The van der Waals surface area contributed by atoms with Crippen LogP contribution in [0.1, 0.15) is 44.9 Å². The monoisotopic (exact) mass is 299 g/mol. The third-order valence-corrected chi connectivity index (χ3v) is 6.74. The van der Waals surface area contributed by atoms with Crippen LogP contribution in [0, 0.1) is 11.3 Å². The van der Waals surface area contributed by atoms with Crippen molar-refractivity contribution in [1.29, 1.82) is 5.26 Å². The average molecular weight is 299 g/mol. The van der Waals surface area contributed by atoms with Gasteiger partial charge in [0.2, 0.25) is 10.0 Å². The van der Waals surface area contributed by atoms with Crippen molar-refractivity contribution >= 4 is 10.0 Å². The van der Waals surface area contributed by atoms with Crippen LogP contribution in [0.5, 0.6) is 0 Å². The van der Waals surface area contributed by atoms with Crippen LogP contribution in [0.2, 0.25) is 0 Å². The van der Waals surface area contributed by atoms with Gasteiger partial charge in [-0.2, -0.15) is 9.57 Å². The van der Waals surface area contributed by atoms with Gasteiger partial charge in [0.15, 0.2) is 0 Å². The summed E-state index contributed by atoms with van der Waals surface area (Å²) < 4.78 is 26.5. The molecule has 0 N–H and O–H groups in total. The van der Waals surface area contributed by atoms with Crippen molar-refractivity contribution in [2.24, 2.45) is 0 Å². The number of sulfonamides is 1. The van der Waals surface area contributed by atoms with Gasteiger partial charge in [-0.1, -0.05) is 19.3 Å². The summed E-state index contributed by atoms with van der Waals surface area (Å²) in [5, 5.41) is 8.54. The van der Waals surface area contributed by atoms with Gasteiger partial charge >= 0.3 is 0 Å². The minimum atomic E-state index is -3.20. The highest BCUT2D eigenvalue weighted by Gasteiger charge is 2.43. The highest BCUT2D eigenvalue weighted by molar-refractivity contribution is 7.89. The number of nitrogens with zero attached hydrogens (tertiary/aromatic N) is 3. The molecular weight excluding hydrogens is 274 g/mol. The molecule has 0 unspecified atom stereocenters. The maximum Gasteiger partial charge on any atom is 0.214 e. The van der Waals surface area contributed by atoms with Crippen molar-refractivity contribution in [3.05, 3.63) is 0 Å². The molecule has 0 radical (unpaired) electrons. The molecule has 1 aliphatic carbocycles. The molecule has 114 valence electrons. The lowest BCUT2D eigenvalue weighted by atomic mass is 9.79. The zero-order valence-corrected chi connectivity index (χ0v) is 13.2. The normalized spacial score (nSPS) is 24.6. The lowest BCUT2D eigenvalue weighted by Crippen LogP contribution is -2.62. The van der Waals surface area contributed by atoms with E-state index >= 15 is 0 Å². The van der Waals surface area contributed by atoms with Crippen molar-refractivity contribution in [1.82, 2.24) is 9.21 Å². The third-order valence-electron chi connectivity index (χ3n) is 4.83. The molecule has 2 aliphatic rings. The first-order valence-electron chi connectivity index (χ1n) is 7.56. The summed E-state index contributed by atoms with van der Waals surface area (Å²) in [5.41, 5.74) is 0.0544. The quantitative estimate of drug-likeness (QED) is 0.739. The van der Waals surface area contributed by atoms with Crippen molar-refractivity contribution in [2.75, 3.05) is 32.4 Å². The number of rotatable bonds is 4. The van der Waals surface area contributed by atoms with E-state index in [1.807, 2.05) is 6.07 Å². The minimum Gasteiger partial charge on any atom is -0.298 e. The summed E-state index contributed by atoms with van der Waals surface area (Å²) in [7, 11) is -1.07. The van der Waals surface area contributed by atoms with E-state index in [1.165, 1.54) is 19.3 Å². The largest absolute Gasteiger partial charge is 0.298 e. The number of nitriles is 1. The van der Waals surface area contributed by atoms with Gasteiger partial charge in [-0.3, -0.25) is 4.90 Å². The Kier molecular flexibility index (Phi) is 5.05. The summed E-state index contributed by atoms with van der Waals surface area (Å²) in [6.45, 7) is 2.04. The zero-order valence-electron chi connectivity index (χ0n) is 12.3. The fraction of sp³-hybridized carbons (Fsp3) is 0.929. The SMILES string of the molecule is CN1CCN(S(=O)(=O)CCCC#N)CC12CCCCC2. The van der Waals surface area contributed by atoms with Gasteiger partial charge in [-0.25, -0.2) is 8.42 Å². The van der Waals surface area contributed by atoms with Crippen molar-refractivity contribution in [3.63, 3.8) is 0 Å². The van der Waals surface area contributed by atoms with Crippen LogP contribution in [-0.4, -0.2) is 55.6 Å². The topological polar surface area (TPSA) is 64.4 Å². The second-order valence-electron chi connectivity index (χ2n) is 6.12. The predicted molar refractivity (Wildman–Crippen MR) is 78.7 cm³/mol. The Labute approximate surface area is 122 Å². The van der Waals surface area contributed by atoms with Gasteiger partial charge < -0.3 is 0 Å². The van der Waals surface area contributed by atoms with Gasteiger partial charge in [-0.15, -0.1) is 0 Å². The van der Waals surface area contributed by atoms with E-state index in [0.29, 0.717) is 25.9 Å². The minimum absolute atomic E-state index is 0.0544. The molecule has 0 aromatic carbocycles. The number of hydrogen-bond acceptors (Lipinski definition) is 4. The summed E-state index contributed by atoms with van der Waals surface area (Å²) in [6.07, 6.45) is 6.64. The van der Waals surface area contributed by atoms with Crippen LogP contribution >= 0.6 is 0 Å². The van der Waals surface area contributed by atoms with Gasteiger partial charge in [0.25, 0.3) is 0 Å². The fourth-order valence-electron chi connectivity index (χ4n) is 3.48. The summed E-state index contributed by atoms with van der Waals surface area (Å²) in [4.78, 5) is 2.37. The summed E-state index contributed by atoms with van der Waals surface area (Å²) >= 11 is 0. The zero-order chi connectivity index (χ0) is 14.6. The summed E-state index contributed by atoms with van der Waals surface area (Å²) in [5.74, 6) is 0.111. The standard InChI is InChI=1S/C14H25N3O2S/c1-16-10-11-17(20(18,19)12-6-5-9-15)13-14(16)7-3-2-4-8-14/h2-8,10-13H2,1H3. The Morgan fingerprint density at radius 1 is 1.20 bits per heavy atom. The number of unbranched alkanes of at least 4 members (excludes halogenated alkanes) is 1. The van der Waals surface area contributed by atoms with E-state index in [4.69, 9.17) is 5.26 Å². The fourth-order valence-corrected chi connectivity index (χ4v) is 5.04. The predicted octanol–water partition coefficient (Wildman–Crippen LogP) is 1.57. The summed E-state index contributed by atoms with van der Waals surface area (Å²) in [6, 6.07) is 2.02. The van der Waals surface area contributed by atoms with Crippen molar-refractivity contribution in [2.45, 2.75) is 50.5 Å². The molecule has 2 fully saturated rings. The van der Waals surface area contributed by atoms with Crippen LogP contribution in [0.25, 0.3) is 0 Å². The smallest absolute Gasteiger partial charge is 0.214 e. The van der Waals surface area contributed by atoms with Gasteiger partial charge in [0, 0.05) is 31.6 Å².